The maximum atomic E-state index is 14.0. The second kappa shape index (κ2) is 32.0. The first-order chi connectivity index (χ1) is 36.1. The number of nitrogens with one attached hydrogen (secondary N) is 9. The summed E-state index contributed by atoms with van der Waals surface area (Å²) in [6, 6.07) is 3.22. The van der Waals surface area contributed by atoms with Crippen LogP contribution in [0.4, 0.5) is 0 Å². The van der Waals surface area contributed by atoms with Gasteiger partial charge in [0.25, 0.3) is 0 Å². The Morgan fingerprint density at radius 3 is 1.40 bits per heavy atom. The molecule has 2 aromatic carbocycles. The van der Waals surface area contributed by atoms with Crippen molar-refractivity contribution in [1.29, 1.82) is 0 Å². The fraction of sp³-hybridized carbons (Fsp3) is 0.490. The van der Waals surface area contributed by atoms with E-state index in [9.17, 15) is 82.8 Å². The molecule has 0 aliphatic rings. The normalized spacial score (nSPS) is 14.5. The van der Waals surface area contributed by atoms with E-state index in [4.69, 9.17) is 11.5 Å². The van der Waals surface area contributed by atoms with Gasteiger partial charge in [0.1, 0.15) is 48.3 Å². The van der Waals surface area contributed by atoms with Crippen molar-refractivity contribution in [3.05, 3.63) is 71.8 Å². The average Bonchev–Trinajstić information content (AvgIpc) is 3.36. The van der Waals surface area contributed by atoms with Gasteiger partial charge in [-0.3, -0.25) is 57.5 Å². The van der Waals surface area contributed by atoms with Crippen molar-refractivity contribution in [2.24, 2.45) is 23.3 Å². The van der Waals surface area contributed by atoms with Crippen molar-refractivity contribution in [2.45, 2.75) is 128 Å². The molecule has 0 aromatic heterocycles. The molecule has 0 aliphatic heterocycles. The van der Waals surface area contributed by atoms with Gasteiger partial charge in [0, 0.05) is 19.3 Å². The smallest absolute Gasteiger partial charge is 0.326 e. The molecule has 17 N–H and O–H groups in total. The van der Waals surface area contributed by atoms with Crippen molar-refractivity contribution in [1.82, 2.24) is 47.9 Å². The molecule has 0 unspecified atom stereocenters. The van der Waals surface area contributed by atoms with Gasteiger partial charge in [0.15, 0.2) is 0 Å². The molecular weight excluding hydrogens is 1010 g/mol. The van der Waals surface area contributed by atoms with Crippen LogP contribution in [0, 0.1) is 11.8 Å². The van der Waals surface area contributed by atoms with Gasteiger partial charge in [-0.15, -0.1) is 0 Å². The lowest BCUT2D eigenvalue weighted by molar-refractivity contribution is -0.144. The van der Waals surface area contributed by atoms with Crippen LogP contribution in [0.5, 0.6) is 0 Å². The minimum absolute atomic E-state index is 0.00581. The van der Waals surface area contributed by atoms with E-state index in [0.717, 1.165) is 0 Å². The molecule has 0 aliphatic carbocycles. The van der Waals surface area contributed by atoms with Crippen molar-refractivity contribution in [3.63, 3.8) is 0 Å². The lowest BCUT2D eigenvalue weighted by atomic mass is 10.0. The zero-order valence-electron chi connectivity index (χ0n) is 43.0. The van der Waals surface area contributed by atoms with Gasteiger partial charge < -0.3 is 79.7 Å². The molecule has 0 heterocycles. The predicted octanol–water partition coefficient (Wildman–Crippen LogP) is -4.58. The Balaban J connectivity index is 2.28. The predicted molar refractivity (Wildman–Crippen MR) is 270 cm³/mol. The number of aliphatic hydroxyl groups is 1. The highest BCUT2D eigenvalue weighted by molar-refractivity contribution is 5.99. The minimum Gasteiger partial charge on any atom is -0.481 e. The van der Waals surface area contributed by atoms with Crippen molar-refractivity contribution in [2.75, 3.05) is 13.2 Å². The molecule has 422 valence electrons. The van der Waals surface area contributed by atoms with Crippen LogP contribution in [0.15, 0.2) is 60.7 Å². The van der Waals surface area contributed by atoms with E-state index < -0.39 is 176 Å². The topological polar surface area (TPSA) is 463 Å². The van der Waals surface area contributed by atoms with Crippen LogP contribution < -0.4 is 59.3 Å². The molecule has 0 bridgehead atoms. The largest absolute Gasteiger partial charge is 0.481 e. The summed E-state index contributed by atoms with van der Waals surface area (Å²) >= 11 is 0. The van der Waals surface area contributed by atoms with Crippen LogP contribution in [0.3, 0.4) is 0 Å². The number of hydrogen-bond donors (Lipinski definition) is 15. The summed E-state index contributed by atoms with van der Waals surface area (Å²) in [5.41, 5.74) is 12.3. The Morgan fingerprint density at radius 1 is 0.481 bits per heavy atom. The van der Waals surface area contributed by atoms with Crippen molar-refractivity contribution in [3.8, 4) is 0 Å². The molecule has 2 aromatic rings. The Kier molecular flexibility index (Phi) is 26.9. The summed E-state index contributed by atoms with van der Waals surface area (Å²) in [4.78, 5) is 167. The van der Waals surface area contributed by atoms with Crippen LogP contribution in [0.25, 0.3) is 0 Å². The second-order valence-corrected chi connectivity index (χ2v) is 18.5. The average molecular weight is 1080 g/mol. The summed E-state index contributed by atoms with van der Waals surface area (Å²) in [5, 5.41) is 58.7. The molecule has 77 heavy (non-hydrogen) atoms. The number of rotatable bonds is 33. The number of aliphatic carboxylic acids is 3. The Morgan fingerprint density at radius 2 is 0.935 bits per heavy atom. The fourth-order valence-electron chi connectivity index (χ4n) is 7.01. The lowest BCUT2D eigenvalue weighted by Gasteiger charge is -2.27. The van der Waals surface area contributed by atoms with E-state index in [1.165, 1.54) is 20.8 Å². The molecule has 28 nitrogen and oxygen atoms in total. The third kappa shape index (κ3) is 23.3. The van der Waals surface area contributed by atoms with Crippen molar-refractivity contribution >= 4 is 77.0 Å². The van der Waals surface area contributed by atoms with Gasteiger partial charge in [0.05, 0.1) is 32.0 Å². The first kappa shape index (κ1) is 64.6. The number of hydrogen-bond acceptors (Lipinski definition) is 15. The molecular formula is C49H69N11O17. The number of carboxylic acid groups (broad SMARTS) is 3. The monoisotopic (exact) mass is 1080 g/mol. The van der Waals surface area contributed by atoms with E-state index in [2.05, 4.69) is 37.2 Å². The van der Waals surface area contributed by atoms with Gasteiger partial charge in [0.2, 0.25) is 59.1 Å². The highest BCUT2D eigenvalue weighted by atomic mass is 16.4. The van der Waals surface area contributed by atoms with Crippen molar-refractivity contribution < 1.29 is 82.8 Å². The number of amides is 10. The molecule has 0 spiro atoms. The third-order valence-corrected chi connectivity index (χ3v) is 11.4. The fourth-order valence-corrected chi connectivity index (χ4v) is 7.01. The zero-order chi connectivity index (χ0) is 58.1. The molecule has 28 heteroatoms. The number of carbonyl (C=O) groups is 13. The molecule has 0 radical (unpaired) electrons. The lowest BCUT2D eigenvalue weighted by Crippen LogP contribution is -2.60. The van der Waals surface area contributed by atoms with Crippen LogP contribution in [-0.4, -0.2) is 165 Å². The first-order valence-electron chi connectivity index (χ1n) is 24.2. The molecule has 0 fully saturated rings. The van der Waals surface area contributed by atoms with E-state index in [-0.39, 0.29) is 18.8 Å². The van der Waals surface area contributed by atoms with Gasteiger partial charge in [-0.1, -0.05) is 88.4 Å². The molecule has 0 saturated carbocycles. The summed E-state index contributed by atoms with van der Waals surface area (Å²) in [5.74, 6) is -16.1. The first-order valence-corrected chi connectivity index (χ1v) is 24.2. The quantitative estimate of drug-likeness (QED) is 0.0320. The zero-order valence-corrected chi connectivity index (χ0v) is 43.0. The maximum Gasteiger partial charge on any atom is 0.326 e. The summed E-state index contributed by atoms with van der Waals surface area (Å²) in [7, 11) is 0. The Labute approximate surface area is 442 Å². The standard InChI is InChI=1S/C49H69N11O17/c1-24(2)39(51)47(74)58-31(19-28-14-10-7-11-15-28)44(71)56-30(18-27-12-8-6-9-13-27)43(70)53-26(5)41(68)55-29(16-17-37(64)65)42(69)57-32(21-38(66)67)45(72)60-40(25(3)4)48(75)52-22-36(63)54-34(23-61)46(73)59-33(49(76)77)20-35(50)62/h6-15,24-26,29-34,39-40,61H,16-23,51H2,1-5H3,(H2,50,62)(H,52,75)(H,53,70)(H,54,63)(H,55,68)(H,56,71)(H,57,69)(H,58,74)(H,59,73)(H,60,72)(H,64,65)(H,66,67)(H,76,77)/t26-,29-,30-,31-,32-,33-,34-,39-,40-/m0/s1. The highest BCUT2D eigenvalue weighted by Gasteiger charge is 2.35. The maximum absolute atomic E-state index is 14.0. The molecule has 0 saturated heterocycles. The number of aliphatic hydroxyl groups excluding tert-OH is 1. The summed E-state index contributed by atoms with van der Waals surface area (Å²) < 4.78 is 0. The Hall–Kier alpha value is -8.53. The number of primary amides is 1. The van der Waals surface area contributed by atoms with Crippen LogP contribution in [0.2, 0.25) is 0 Å². The van der Waals surface area contributed by atoms with E-state index in [1.807, 2.05) is 10.6 Å². The Bertz CT molecular complexity index is 2430. The number of carbonyl (C=O) groups excluding carboxylic acids is 10. The number of benzene rings is 2. The van der Waals surface area contributed by atoms with Crippen LogP contribution >= 0.6 is 0 Å². The number of nitrogens with two attached hydrogens (primary N) is 2. The van der Waals surface area contributed by atoms with E-state index in [0.29, 0.717) is 11.1 Å². The van der Waals surface area contributed by atoms with Crippen LogP contribution in [-0.2, 0) is 75.2 Å². The van der Waals surface area contributed by atoms with Gasteiger partial charge in [-0.25, -0.2) is 4.79 Å². The number of carboxylic acids is 3. The molecule has 10 amide bonds. The highest BCUT2D eigenvalue weighted by Crippen LogP contribution is 2.11. The minimum atomic E-state index is -1.98. The summed E-state index contributed by atoms with van der Waals surface area (Å²) in [6.45, 7) is 5.59. The molecule has 9 atom stereocenters. The summed E-state index contributed by atoms with van der Waals surface area (Å²) in [6.07, 6.45) is -3.40. The van der Waals surface area contributed by atoms with E-state index >= 15 is 0 Å². The van der Waals surface area contributed by atoms with Gasteiger partial charge in [-0.05, 0) is 36.3 Å². The van der Waals surface area contributed by atoms with Gasteiger partial charge >= 0.3 is 17.9 Å². The van der Waals surface area contributed by atoms with Crippen LogP contribution in [0.1, 0.15) is 71.4 Å². The third-order valence-electron chi connectivity index (χ3n) is 11.4. The van der Waals surface area contributed by atoms with E-state index in [1.54, 1.807) is 74.5 Å². The SMILES string of the molecule is CC(C)[C@H](N)C(=O)N[C@@H](Cc1ccccc1)C(=O)N[C@@H](Cc1ccccc1)C(=O)N[C@@H](C)C(=O)N[C@@H](CCC(=O)O)C(=O)N[C@@H](CC(=O)O)C(=O)N[C@H](C(=O)NCC(=O)N[C@@H](CO)C(=O)N[C@@H](CC(N)=O)C(=O)O)C(C)C. The molecule has 2 rings (SSSR count). The second-order valence-electron chi connectivity index (χ2n) is 18.5. The van der Waals surface area contributed by atoms with Gasteiger partial charge in [-0.2, -0.15) is 0 Å².